The van der Waals surface area contributed by atoms with E-state index < -0.39 is 0 Å². The summed E-state index contributed by atoms with van der Waals surface area (Å²) in [6.45, 7) is 2.70. The fraction of sp³-hybridized carbons (Fsp3) is 0.278. The number of benzene rings is 2. The van der Waals surface area contributed by atoms with Crippen LogP contribution in [0.5, 0.6) is 0 Å². The van der Waals surface area contributed by atoms with Crippen LogP contribution in [0.15, 0.2) is 48.5 Å². The summed E-state index contributed by atoms with van der Waals surface area (Å²) in [5.41, 5.74) is 2.02. The van der Waals surface area contributed by atoms with Crippen molar-refractivity contribution < 1.29 is 9.18 Å². The molecule has 2 nitrogen and oxygen atoms in total. The van der Waals surface area contributed by atoms with E-state index in [1.54, 1.807) is 24.0 Å². The van der Waals surface area contributed by atoms with E-state index >= 15 is 0 Å². The molecule has 0 N–H and O–H groups in total. The van der Waals surface area contributed by atoms with Gasteiger partial charge < -0.3 is 4.90 Å². The highest BCUT2D eigenvalue weighted by Crippen LogP contribution is 2.17. The van der Waals surface area contributed by atoms with Crippen LogP contribution in [0.2, 0.25) is 5.02 Å². The smallest absolute Gasteiger partial charge is 0.219 e. The molecule has 2 aromatic carbocycles. The van der Waals surface area contributed by atoms with Crippen LogP contribution in [0, 0.1) is 5.82 Å². The zero-order chi connectivity index (χ0) is 15.9. The minimum Gasteiger partial charge on any atom is -0.339 e. The molecule has 116 valence electrons. The molecule has 0 aliphatic heterocycles. The second-order valence-corrected chi connectivity index (χ2v) is 5.67. The maximum absolute atomic E-state index is 12.9. The lowest BCUT2D eigenvalue weighted by Crippen LogP contribution is -2.29. The monoisotopic (exact) mass is 319 g/mol. The molecule has 2 aromatic rings. The van der Waals surface area contributed by atoms with Crippen molar-refractivity contribution >= 4 is 17.5 Å². The number of amides is 1. The van der Waals surface area contributed by atoms with E-state index in [0.29, 0.717) is 13.1 Å². The molecule has 0 bridgehead atoms. The second-order valence-electron chi connectivity index (χ2n) is 5.26. The summed E-state index contributed by atoms with van der Waals surface area (Å²) in [6, 6.07) is 14.0. The first-order valence-electron chi connectivity index (χ1n) is 7.29. The third-order valence-corrected chi connectivity index (χ3v) is 3.93. The predicted molar refractivity (Wildman–Crippen MR) is 87.3 cm³/mol. The van der Waals surface area contributed by atoms with Gasteiger partial charge in [-0.2, -0.15) is 0 Å². The summed E-state index contributed by atoms with van der Waals surface area (Å²) in [4.78, 5) is 13.5. The van der Waals surface area contributed by atoms with Gasteiger partial charge in [-0.3, -0.25) is 4.79 Å². The summed E-state index contributed by atoms with van der Waals surface area (Å²) < 4.78 is 12.9. The van der Waals surface area contributed by atoms with Crippen molar-refractivity contribution in [3.8, 4) is 0 Å². The van der Waals surface area contributed by atoms with Crippen LogP contribution in [0.1, 0.15) is 24.5 Å². The quantitative estimate of drug-likeness (QED) is 0.769. The van der Waals surface area contributed by atoms with Crippen LogP contribution in [0.25, 0.3) is 0 Å². The number of rotatable bonds is 6. The second kappa shape index (κ2) is 7.95. The lowest BCUT2D eigenvalue weighted by molar-refractivity contribution is -0.129. The summed E-state index contributed by atoms with van der Waals surface area (Å²) >= 11 is 6.13. The van der Waals surface area contributed by atoms with Gasteiger partial charge in [-0.15, -0.1) is 0 Å². The van der Waals surface area contributed by atoms with Crippen molar-refractivity contribution in [1.82, 2.24) is 4.90 Å². The Kier molecular flexibility index (Phi) is 5.96. The van der Waals surface area contributed by atoms with Gasteiger partial charge in [-0.05, 0) is 42.2 Å². The molecule has 4 heteroatoms. The Morgan fingerprint density at radius 3 is 2.45 bits per heavy atom. The number of carbonyl (C=O) groups is 1. The highest BCUT2D eigenvalue weighted by Gasteiger charge is 2.10. The van der Waals surface area contributed by atoms with Gasteiger partial charge in [0, 0.05) is 25.0 Å². The van der Waals surface area contributed by atoms with E-state index in [1.165, 1.54) is 12.1 Å². The first-order chi connectivity index (χ1) is 10.6. The van der Waals surface area contributed by atoms with Crippen LogP contribution in [0.4, 0.5) is 4.39 Å². The van der Waals surface area contributed by atoms with E-state index in [4.69, 9.17) is 11.6 Å². The zero-order valence-corrected chi connectivity index (χ0v) is 13.3. The number of nitrogens with zero attached hydrogens (tertiary/aromatic N) is 1. The lowest BCUT2D eigenvalue weighted by Gasteiger charge is -2.21. The number of hydrogen-bond donors (Lipinski definition) is 0. The summed E-state index contributed by atoms with van der Waals surface area (Å²) in [7, 11) is 0. The normalized spacial score (nSPS) is 10.5. The van der Waals surface area contributed by atoms with E-state index in [0.717, 1.165) is 29.0 Å². The molecule has 0 heterocycles. The van der Waals surface area contributed by atoms with E-state index in [2.05, 4.69) is 0 Å². The van der Waals surface area contributed by atoms with Gasteiger partial charge in [0.15, 0.2) is 0 Å². The number of aryl methyl sites for hydroxylation is 1. The molecule has 0 aliphatic rings. The standard InChI is InChI=1S/C18H19ClFNO/c1-14(22)21(13-15-8-10-17(20)11-9-15)12-4-6-16-5-2-3-7-18(16)19/h2-3,5,7-11H,4,6,12-13H2,1H3. The molecule has 0 saturated heterocycles. The van der Waals surface area contributed by atoms with Crippen molar-refractivity contribution in [3.63, 3.8) is 0 Å². The Balaban J connectivity index is 1.91. The minimum atomic E-state index is -0.267. The Labute approximate surface area is 135 Å². The topological polar surface area (TPSA) is 20.3 Å². The summed E-state index contributed by atoms with van der Waals surface area (Å²) in [5, 5.41) is 0.760. The fourth-order valence-electron chi connectivity index (χ4n) is 2.32. The van der Waals surface area contributed by atoms with Crippen LogP contribution in [-0.4, -0.2) is 17.4 Å². The molecule has 0 saturated carbocycles. The van der Waals surface area contributed by atoms with Gasteiger partial charge in [0.05, 0.1) is 0 Å². The minimum absolute atomic E-state index is 0.0171. The molecule has 0 fully saturated rings. The predicted octanol–water partition coefficient (Wildman–Crippen LogP) is 4.46. The fourth-order valence-corrected chi connectivity index (χ4v) is 2.55. The molecule has 2 rings (SSSR count). The molecule has 0 radical (unpaired) electrons. The Morgan fingerprint density at radius 1 is 1.14 bits per heavy atom. The molecule has 0 aromatic heterocycles. The first-order valence-corrected chi connectivity index (χ1v) is 7.67. The maximum atomic E-state index is 12.9. The summed E-state index contributed by atoms with van der Waals surface area (Å²) in [6.07, 6.45) is 1.66. The van der Waals surface area contributed by atoms with Gasteiger partial charge in [0.2, 0.25) is 5.91 Å². The van der Waals surface area contributed by atoms with E-state index in [-0.39, 0.29) is 11.7 Å². The molecular weight excluding hydrogens is 301 g/mol. The average molecular weight is 320 g/mol. The van der Waals surface area contributed by atoms with Gasteiger partial charge in [-0.25, -0.2) is 4.39 Å². The van der Waals surface area contributed by atoms with Crippen molar-refractivity contribution in [3.05, 3.63) is 70.5 Å². The van der Waals surface area contributed by atoms with Crippen molar-refractivity contribution in [2.75, 3.05) is 6.54 Å². The Hall–Kier alpha value is -1.87. The number of carbonyl (C=O) groups excluding carboxylic acids is 1. The molecule has 0 aliphatic carbocycles. The van der Waals surface area contributed by atoms with E-state index in [9.17, 15) is 9.18 Å². The molecule has 0 spiro atoms. The van der Waals surface area contributed by atoms with Gasteiger partial charge in [-0.1, -0.05) is 41.9 Å². The number of halogens is 2. The zero-order valence-electron chi connectivity index (χ0n) is 12.6. The van der Waals surface area contributed by atoms with Gasteiger partial charge in [0.25, 0.3) is 0 Å². The lowest BCUT2D eigenvalue weighted by atomic mass is 10.1. The third-order valence-electron chi connectivity index (χ3n) is 3.56. The highest BCUT2D eigenvalue weighted by molar-refractivity contribution is 6.31. The van der Waals surface area contributed by atoms with Crippen LogP contribution in [-0.2, 0) is 17.8 Å². The summed E-state index contributed by atoms with van der Waals surface area (Å²) in [5.74, 6) is -0.250. The van der Waals surface area contributed by atoms with E-state index in [1.807, 2.05) is 24.3 Å². The van der Waals surface area contributed by atoms with Gasteiger partial charge in [0.1, 0.15) is 5.82 Å². The van der Waals surface area contributed by atoms with Crippen LogP contribution >= 0.6 is 11.6 Å². The van der Waals surface area contributed by atoms with Crippen LogP contribution in [0.3, 0.4) is 0 Å². The average Bonchev–Trinajstić information content (AvgIpc) is 2.50. The largest absolute Gasteiger partial charge is 0.339 e. The van der Waals surface area contributed by atoms with Crippen molar-refractivity contribution in [1.29, 1.82) is 0 Å². The molecule has 0 unspecified atom stereocenters. The number of hydrogen-bond acceptors (Lipinski definition) is 1. The highest BCUT2D eigenvalue weighted by atomic mass is 35.5. The van der Waals surface area contributed by atoms with Gasteiger partial charge >= 0.3 is 0 Å². The Bertz CT molecular complexity index is 627. The van der Waals surface area contributed by atoms with Crippen LogP contribution < -0.4 is 0 Å². The first kappa shape index (κ1) is 16.5. The molecule has 0 atom stereocenters. The molecular formula is C18H19ClFNO. The molecule has 22 heavy (non-hydrogen) atoms. The third kappa shape index (κ3) is 4.85. The van der Waals surface area contributed by atoms with Crippen molar-refractivity contribution in [2.24, 2.45) is 0 Å². The SMILES string of the molecule is CC(=O)N(CCCc1ccccc1Cl)Cc1ccc(F)cc1. The Morgan fingerprint density at radius 2 is 1.82 bits per heavy atom. The molecule has 1 amide bonds. The van der Waals surface area contributed by atoms with Crippen molar-refractivity contribution in [2.45, 2.75) is 26.3 Å². The maximum Gasteiger partial charge on any atom is 0.219 e.